The number of hydrogen-bond donors (Lipinski definition) is 1. The van der Waals surface area contributed by atoms with Crippen LogP contribution >= 0.6 is 0 Å². The number of aryl methyl sites for hydroxylation is 1. The smallest absolute Gasteiger partial charge is 0.147 e. The molecular weight excluding hydrogens is 262 g/mol. The van der Waals surface area contributed by atoms with Gasteiger partial charge in [0, 0.05) is 5.56 Å². The maximum Gasteiger partial charge on any atom is 0.147 e. The lowest BCUT2D eigenvalue weighted by molar-refractivity contribution is 0.415. The highest BCUT2D eigenvalue weighted by atomic mass is 16.5. The molecule has 0 spiro atoms. The van der Waals surface area contributed by atoms with Crippen LogP contribution in [-0.4, -0.2) is 10.1 Å². The van der Waals surface area contributed by atoms with Crippen LogP contribution in [-0.2, 0) is 0 Å². The van der Waals surface area contributed by atoms with Gasteiger partial charge in [-0.05, 0) is 37.1 Å². The van der Waals surface area contributed by atoms with Gasteiger partial charge in [0.25, 0.3) is 0 Å². The third kappa shape index (κ3) is 3.28. The largest absolute Gasteiger partial charge is 0.362 e. The predicted molar refractivity (Wildman–Crippen MR) is 81.2 cm³/mol. The van der Waals surface area contributed by atoms with E-state index in [0.29, 0.717) is 11.5 Å². The second-order valence-electron chi connectivity index (χ2n) is 4.46. The molecule has 4 heteroatoms. The van der Waals surface area contributed by atoms with Gasteiger partial charge in [-0.3, -0.25) is 0 Å². The van der Waals surface area contributed by atoms with Gasteiger partial charge in [-0.25, -0.2) is 4.98 Å². The van der Waals surface area contributed by atoms with Gasteiger partial charge < -0.3 is 9.84 Å². The zero-order chi connectivity index (χ0) is 14.5. The molecule has 2 aromatic heterocycles. The Morgan fingerprint density at radius 2 is 1.86 bits per heavy atom. The molecule has 0 atom stereocenters. The van der Waals surface area contributed by atoms with Crippen LogP contribution in [0.1, 0.15) is 17.0 Å². The number of pyridine rings is 1. The molecule has 1 N–H and O–H groups in total. The summed E-state index contributed by atoms with van der Waals surface area (Å²) in [6.45, 7) is 1.87. The van der Waals surface area contributed by atoms with Crippen LogP contribution < -0.4 is 5.32 Å². The average molecular weight is 275 g/mol. The van der Waals surface area contributed by atoms with Crippen molar-refractivity contribution < 1.29 is 4.52 Å². The van der Waals surface area contributed by atoms with Gasteiger partial charge in [-0.15, -0.1) is 0 Å². The lowest BCUT2D eigenvalue weighted by atomic mass is 10.2. The molecule has 21 heavy (non-hydrogen) atoms. The van der Waals surface area contributed by atoms with Crippen LogP contribution in [0.3, 0.4) is 0 Å². The van der Waals surface area contributed by atoms with E-state index in [1.807, 2.05) is 55.5 Å². The zero-order valence-electron chi connectivity index (χ0n) is 11.5. The summed E-state index contributed by atoms with van der Waals surface area (Å²) in [5.74, 6) is 6.85. The number of rotatable bonds is 2. The Bertz CT molecular complexity index is 797. The van der Waals surface area contributed by atoms with Crippen molar-refractivity contribution in [1.29, 1.82) is 0 Å². The van der Waals surface area contributed by atoms with E-state index in [2.05, 4.69) is 27.3 Å². The first-order valence-electron chi connectivity index (χ1n) is 6.53. The first-order valence-corrected chi connectivity index (χ1v) is 6.53. The first kappa shape index (κ1) is 12.9. The van der Waals surface area contributed by atoms with Gasteiger partial charge in [-0.2, -0.15) is 0 Å². The minimum atomic E-state index is 0.706. The third-order valence-electron chi connectivity index (χ3n) is 2.87. The van der Waals surface area contributed by atoms with Crippen molar-refractivity contribution >= 4 is 11.5 Å². The van der Waals surface area contributed by atoms with Crippen LogP contribution in [0.25, 0.3) is 0 Å². The SMILES string of the molecule is Cc1nocc1Nc1cccc(C#Cc2ccccc2)n1. The van der Waals surface area contributed by atoms with Crippen molar-refractivity contribution in [1.82, 2.24) is 10.1 Å². The highest BCUT2D eigenvalue weighted by Gasteiger charge is 2.03. The summed E-state index contributed by atoms with van der Waals surface area (Å²) in [5.41, 5.74) is 3.26. The molecule has 0 unspecified atom stereocenters. The molecule has 0 aliphatic heterocycles. The predicted octanol–water partition coefficient (Wildman–Crippen LogP) is 3.52. The number of benzene rings is 1. The fraction of sp³-hybridized carbons (Fsp3) is 0.0588. The first-order chi connectivity index (χ1) is 10.3. The molecule has 2 heterocycles. The molecule has 102 valence electrons. The van der Waals surface area contributed by atoms with E-state index < -0.39 is 0 Å². The van der Waals surface area contributed by atoms with Crippen molar-refractivity contribution in [2.24, 2.45) is 0 Å². The monoisotopic (exact) mass is 275 g/mol. The summed E-state index contributed by atoms with van der Waals surface area (Å²) < 4.78 is 4.88. The minimum Gasteiger partial charge on any atom is -0.362 e. The molecule has 0 saturated carbocycles. The molecule has 0 aliphatic rings. The van der Waals surface area contributed by atoms with Crippen LogP contribution in [0.15, 0.2) is 59.3 Å². The molecule has 3 rings (SSSR count). The fourth-order valence-electron chi connectivity index (χ4n) is 1.78. The molecule has 3 aromatic rings. The maximum absolute atomic E-state index is 4.88. The molecular formula is C17H13N3O. The summed E-state index contributed by atoms with van der Waals surface area (Å²) in [5, 5.41) is 6.97. The topological polar surface area (TPSA) is 51.0 Å². The van der Waals surface area contributed by atoms with Crippen molar-refractivity contribution in [3.63, 3.8) is 0 Å². The van der Waals surface area contributed by atoms with Gasteiger partial charge in [0.2, 0.25) is 0 Å². The molecule has 0 radical (unpaired) electrons. The number of nitrogens with zero attached hydrogens (tertiary/aromatic N) is 2. The number of nitrogens with one attached hydrogen (secondary N) is 1. The second-order valence-corrected chi connectivity index (χ2v) is 4.46. The van der Waals surface area contributed by atoms with Crippen molar-refractivity contribution in [3.8, 4) is 11.8 Å². The van der Waals surface area contributed by atoms with Gasteiger partial charge in [0.05, 0.1) is 0 Å². The highest BCUT2D eigenvalue weighted by molar-refractivity contribution is 5.57. The van der Waals surface area contributed by atoms with Crippen LogP contribution in [0.4, 0.5) is 11.5 Å². The van der Waals surface area contributed by atoms with Crippen molar-refractivity contribution in [2.75, 3.05) is 5.32 Å². The lowest BCUT2D eigenvalue weighted by Crippen LogP contribution is -1.95. The number of hydrogen-bond acceptors (Lipinski definition) is 4. The van der Waals surface area contributed by atoms with Crippen molar-refractivity contribution in [2.45, 2.75) is 6.92 Å². The third-order valence-corrected chi connectivity index (χ3v) is 2.87. The van der Waals surface area contributed by atoms with E-state index in [1.54, 1.807) is 6.26 Å². The van der Waals surface area contributed by atoms with Crippen LogP contribution in [0, 0.1) is 18.8 Å². The molecule has 0 bridgehead atoms. The standard InChI is InChI=1S/C17H13N3O/c1-13-16(12-21-20-13)19-17-9-5-8-15(18-17)11-10-14-6-3-2-4-7-14/h2-9,12H,1H3,(H,18,19). The molecule has 0 aliphatic carbocycles. The van der Waals surface area contributed by atoms with Gasteiger partial charge in [-0.1, -0.05) is 35.3 Å². The van der Waals surface area contributed by atoms with E-state index in [-0.39, 0.29) is 0 Å². The summed E-state index contributed by atoms with van der Waals surface area (Å²) in [6.07, 6.45) is 1.55. The van der Waals surface area contributed by atoms with E-state index in [0.717, 1.165) is 16.9 Å². The van der Waals surface area contributed by atoms with Crippen LogP contribution in [0.5, 0.6) is 0 Å². The quantitative estimate of drug-likeness (QED) is 0.727. The Labute approximate surface area is 122 Å². The van der Waals surface area contributed by atoms with Gasteiger partial charge in [0.15, 0.2) is 0 Å². The molecule has 0 saturated heterocycles. The zero-order valence-corrected chi connectivity index (χ0v) is 11.5. The lowest BCUT2D eigenvalue weighted by Gasteiger charge is -2.02. The summed E-state index contributed by atoms with van der Waals surface area (Å²) >= 11 is 0. The summed E-state index contributed by atoms with van der Waals surface area (Å²) in [6, 6.07) is 15.5. The average Bonchev–Trinajstić information content (AvgIpc) is 2.92. The summed E-state index contributed by atoms with van der Waals surface area (Å²) in [7, 11) is 0. The Morgan fingerprint density at radius 1 is 1.00 bits per heavy atom. The molecule has 0 amide bonds. The Kier molecular flexibility index (Phi) is 3.66. The highest BCUT2D eigenvalue weighted by Crippen LogP contribution is 2.17. The van der Waals surface area contributed by atoms with Gasteiger partial charge >= 0.3 is 0 Å². The molecule has 1 aromatic carbocycles. The maximum atomic E-state index is 4.88. The molecule has 0 fully saturated rings. The van der Waals surface area contributed by atoms with E-state index in [4.69, 9.17) is 4.52 Å². The van der Waals surface area contributed by atoms with Crippen molar-refractivity contribution in [3.05, 3.63) is 71.7 Å². The van der Waals surface area contributed by atoms with Gasteiger partial charge in [0.1, 0.15) is 29.2 Å². The Balaban J connectivity index is 1.81. The van der Waals surface area contributed by atoms with E-state index >= 15 is 0 Å². The Hall–Kier alpha value is -3.06. The molecule has 4 nitrogen and oxygen atoms in total. The minimum absolute atomic E-state index is 0.706. The second kappa shape index (κ2) is 5.93. The van der Waals surface area contributed by atoms with E-state index in [1.165, 1.54) is 0 Å². The number of anilines is 2. The Morgan fingerprint density at radius 3 is 2.62 bits per heavy atom. The normalized spacial score (nSPS) is 9.76. The summed E-state index contributed by atoms with van der Waals surface area (Å²) in [4.78, 5) is 4.45. The van der Waals surface area contributed by atoms with Crippen LogP contribution in [0.2, 0.25) is 0 Å². The number of aromatic nitrogens is 2. The fourth-order valence-corrected chi connectivity index (χ4v) is 1.78. The van der Waals surface area contributed by atoms with E-state index in [9.17, 15) is 0 Å².